The quantitative estimate of drug-likeness (QED) is 0.917. The van der Waals surface area contributed by atoms with Crippen LogP contribution in [0.3, 0.4) is 0 Å². The Morgan fingerprint density at radius 1 is 1.21 bits per heavy atom. The fraction of sp³-hybridized carbons (Fsp3) is 0.467. The summed E-state index contributed by atoms with van der Waals surface area (Å²) in [5.41, 5.74) is 3.44. The Bertz CT molecular complexity index is 537. The number of nitrogens with one attached hydrogen (secondary N) is 1. The summed E-state index contributed by atoms with van der Waals surface area (Å²) in [7, 11) is 0. The van der Waals surface area contributed by atoms with Crippen LogP contribution in [0, 0.1) is 0 Å². The second-order valence-electron chi connectivity index (χ2n) is 5.74. The normalized spacial score (nSPS) is 11.8. The molecule has 102 valence electrons. The Balaban J connectivity index is 2.17. The Hall–Kier alpha value is -1.68. The molecule has 0 bridgehead atoms. The summed E-state index contributed by atoms with van der Waals surface area (Å²) >= 11 is 0. The van der Waals surface area contributed by atoms with E-state index < -0.39 is 0 Å². The van der Waals surface area contributed by atoms with Gasteiger partial charge in [-0.15, -0.1) is 5.10 Å². The largest absolute Gasteiger partial charge is 0.306 e. The van der Waals surface area contributed by atoms with Gasteiger partial charge in [-0.2, -0.15) is 0 Å². The van der Waals surface area contributed by atoms with E-state index in [4.69, 9.17) is 0 Å². The highest BCUT2D eigenvalue weighted by Gasteiger charge is 2.11. The van der Waals surface area contributed by atoms with Crippen LogP contribution < -0.4 is 5.32 Å². The molecule has 4 nitrogen and oxygen atoms in total. The molecule has 1 heterocycles. The van der Waals surface area contributed by atoms with Crippen molar-refractivity contribution in [3.8, 4) is 5.69 Å². The summed E-state index contributed by atoms with van der Waals surface area (Å²) < 4.78 is 1.86. The molecule has 1 aromatic heterocycles. The maximum Gasteiger partial charge on any atom is 0.0969 e. The lowest BCUT2D eigenvalue weighted by Crippen LogP contribution is -2.35. The summed E-state index contributed by atoms with van der Waals surface area (Å²) in [6, 6.07) is 8.29. The van der Waals surface area contributed by atoms with Crippen molar-refractivity contribution in [2.24, 2.45) is 0 Å². The van der Waals surface area contributed by atoms with Crippen molar-refractivity contribution in [3.05, 3.63) is 41.7 Å². The van der Waals surface area contributed by atoms with Gasteiger partial charge in [-0.3, -0.25) is 0 Å². The molecule has 0 fully saturated rings. The van der Waals surface area contributed by atoms with Gasteiger partial charge >= 0.3 is 0 Å². The number of aromatic nitrogens is 3. The second kappa shape index (κ2) is 5.53. The van der Waals surface area contributed by atoms with E-state index in [-0.39, 0.29) is 5.54 Å². The molecule has 0 atom stereocenters. The molecule has 2 rings (SSSR count). The van der Waals surface area contributed by atoms with Crippen molar-refractivity contribution in [2.45, 2.75) is 46.2 Å². The molecule has 0 unspecified atom stereocenters. The first-order chi connectivity index (χ1) is 8.99. The Morgan fingerprint density at radius 3 is 2.63 bits per heavy atom. The molecule has 2 aromatic rings. The van der Waals surface area contributed by atoms with Crippen LogP contribution in [-0.4, -0.2) is 20.5 Å². The SMILES string of the molecule is CCc1ccccc1-n1cc(CNC(C)(C)C)nn1. The first-order valence-corrected chi connectivity index (χ1v) is 6.74. The molecular formula is C15H22N4. The Morgan fingerprint density at radius 2 is 1.95 bits per heavy atom. The molecule has 0 spiro atoms. The summed E-state index contributed by atoms with van der Waals surface area (Å²) in [6.07, 6.45) is 2.98. The highest BCUT2D eigenvalue weighted by molar-refractivity contribution is 5.40. The van der Waals surface area contributed by atoms with Gasteiger partial charge in [0.1, 0.15) is 0 Å². The highest BCUT2D eigenvalue weighted by atomic mass is 15.4. The summed E-state index contributed by atoms with van der Waals surface area (Å²) in [6.45, 7) is 9.31. The Labute approximate surface area is 114 Å². The lowest BCUT2D eigenvalue weighted by molar-refractivity contribution is 0.421. The topological polar surface area (TPSA) is 42.7 Å². The molecule has 0 radical (unpaired) electrons. The fourth-order valence-corrected chi connectivity index (χ4v) is 1.89. The molecule has 0 aliphatic carbocycles. The van der Waals surface area contributed by atoms with Gasteiger partial charge in [0.15, 0.2) is 0 Å². The van der Waals surface area contributed by atoms with E-state index in [0.29, 0.717) is 0 Å². The molecular weight excluding hydrogens is 236 g/mol. The lowest BCUT2D eigenvalue weighted by Gasteiger charge is -2.19. The molecule has 4 heteroatoms. The number of nitrogens with zero attached hydrogens (tertiary/aromatic N) is 3. The number of rotatable bonds is 4. The molecule has 0 saturated heterocycles. The molecule has 0 aliphatic rings. The van der Waals surface area contributed by atoms with E-state index in [1.54, 1.807) is 0 Å². The van der Waals surface area contributed by atoms with Crippen molar-refractivity contribution in [2.75, 3.05) is 0 Å². The molecule has 0 amide bonds. The zero-order valence-electron chi connectivity index (χ0n) is 12.1. The fourth-order valence-electron chi connectivity index (χ4n) is 1.89. The van der Waals surface area contributed by atoms with Crippen LogP contribution in [0.25, 0.3) is 5.69 Å². The van der Waals surface area contributed by atoms with Crippen LogP contribution in [0.15, 0.2) is 30.5 Å². The van der Waals surface area contributed by atoms with Crippen molar-refractivity contribution in [3.63, 3.8) is 0 Å². The molecule has 0 aliphatic heterocycles. The van der Waals surface area contributed by atoms with Crippen molar-refractivity contribution in [1.29, 1.82) is 0 Å². The predicted octanol–water partition coefficient (Wildman–Crippen LogP) is 2.72. The van der Waals surface area contributed by atoms with Crippen LogP contribution in [-0.2, 0) is 13.0 Å². The third-order valence-electron chi connectivity index (χ3n) is 2.96. The maximum atomic E-state index is 4.22. The first-order valence-electron chi connectivity index (χ1n) is 6.74. The summed E-state index contributed by atoms with van der Waals surface area (Å²) in [5, 5.41) is 11.9. The van der Waals surface area contributed by atoms with E-state index in [9.17, 15) is 0 Å². The zero-order valence-corrected chi connectivity index (χ0v) is 12.1. The van der Waals surface area contributed by atoms with Gasteiger partial charge in [0, 0.05) is 12.1 Å². The van der Waals surface area contributed by atoms with Crippen LogP contribution in [0.4, 0.5) is 0 Å². The van der Waals surface area contributed by atoms with Crippen LogP contribution in [0.1, 0.15) is 39.0 Å². The minimum atomic E-state index is 0.0884. The van der Waals surface area contributed by atoms with Gasteiger partial charge in [0.25, 0.3) is 0 Å². The molecule has 0 saturated carbocycles. The predicted molar refractivity (Wildman–Crippen MR) is 77.3 cm³/mol. The van der Waals surface area contributed by atoms with Gasteiger partial charge in [0.2, 0.25) is 0 Å². The lowest BCUT2D eigenvalue weighted by atomic mass is 10.1. The highest BCUT2D eigenvalue weighted by Crippen LogP contribution is 2.14. The van der Waals surface area contributed by atoms with Gasteiger partial charge in [-0.1, -0.05) is 30.3 Å². The third kappa shape index (κ3) is 3.64. The zero-order chi connectivity index (χ0) is 13.9. The number of hydrogen-bond acceptors (Lipinski definition) is 3. The van der Waals surface area contributed by atoms with Gasteiger partial charge in [0.05, 0.1) is 17.6 Å². The molecule has 1 aromatic carbocycles. The second-order valence-corrected chi connectivity index (χ2v) is 5.74. The summed E-state index contributed by atoms with van der Waals surface area (Å²) in [4.78, 5) is 0. The average Bonchev–Trinajstić information content (AvgIpc) is 2.84. The van der Waals surface area contributed by atoms with E-state index in [1.165, 1.54) is 5.56 Å². The standard InChI is InChI=1S/C15H22N4/c1-5-12-8-6-7-9-14(12)19-11-13(17-18-19)10-16-15(2,3)4/h6-9,11,16H,5,10H2,1-4H3. The van der Waals surface area contributed by atoms with Crippen LogP contribution in [0.5, 0.6) is 0 Å². The number of benzene rings is 1. The van der Waals surface area contributed by atoms with Crippen LogP contribution in [0.2, 0.25) is 0 Å². The average molecular weight is 258 g/mol. The minimum absolute atomic E-state index is 0.0884. The molecule has 19 heavy (non-hydrogen) atoms. The third-order valence-corrected chi connectivity index (χ3v) is 2.96. The van der Waals surface area contributed by atoms with Crippen molar-refractivity contribution < 1.29 is 0 Å². The number of aryl methyl sites for hydroxylation is 1. The van der Waals surface area contributed by atoms with E-state index >= 15 is 0 Å². The van der Waals surface area contributed by atoms with Crippen molar-refractivity contribution >= 4 is 0 Å². The van der Waals surface area contributed by atoms with Crippen LogP contribution >= 0.6 is 0 Å². The monoisotopic (exact) mass is 258 g/mol. The summed E-state index contributed by atoms with van der Waals surface area (Å²) in [5.74, 6) is 0. The number of hydrogen-bond donors (Lipinski definition) is 1. The van der Waals surface area contributed by atoms with Gasteiger partial charge < -0.3 is 5.32 Å². The molecule has 1 N–H and O–H groups in total. The maximum absolute atomic E-state index is 4.22. The van der Waals surface area contributed by atoms with E-state index in [0.717, 1.165) is 24.3 Å². The van der Waals surface area contributed by atoms with Crippen molar-refractivity contribution in [1.82, 2.24) is 20.3 Å². The Kier molecular flexibility index (Phi) is 4.00. The van der Waals surface area contributed by atoms with Gasteiger partial charge in [-0.25, -0.2) is 4.68 Å². The van der Waals surface area contributed by atoms with Gasteiger partial charge in [-0.05, 0) is 38.8 Å². The minimum Gasteiger partial charge on any atom is -0.306 e. The smallest absolute Gasteiger partial charge is 0.0969 e. The first kappa shape index (κ1) is 13.7. The van der Waals surface area contributed by atoms with E-state index in [1.807, 2.05) is 16.9 Å². The number of para-hydroxylation sites is 1. The van der Waals surface area contributed by atoms with E-state index in [2.05, 4.69) is 61.5 Å².